The Morgan fingerprint density at radius 3 is 2.35 bits per heavy atom. The zero-order valence-electron chi connectivity index (χ0n) is 10.2. The van der Waals surface area contributed by atoms with Crippen LogP contribution in [0.1, 0.15) is 36.1 Å². The van der Waals surface area contributed by atoms with Gasteiger partial charge >= 0.3 is 0 Å². The van der Waals surface area contributed by atoms with E-state index in [1.807, 2.05) is 12.1 Å². The van der Waals surface area contributed by atoms with E-state index in [9.17, 15) is 0 Å². The van der Waals surface area contributed by atoms with Gasteiger partial charge < -0.3 is 4.42 Å². The molecule has 0 fully saturated rings. The quantitative estimate of drug-likeness (QED) is 0.708. The van der Waals surface area contributed by atoms with Crippen LogP contribution in [0.3, 0.4) is 0 Å². The van der Waals surface area contributed by atoms with Gasteiger partial charge in [0.25, 0.3) is 0 Å². The third kappa shape index (κ3) is 3.13. The summed E-state index contributed by atoms with van der Waals surface area (Å²) in [6.07, 6.45) is 2.76. The van der Waals surface area contributed by atoms with Crippen LogP contribution < -0.4 is 0 Å². The normalized spacial score (nSPS) is 12.9. The van der Waals surface area contributed by atoms with Crippen molar-refractivity contribution in [2.75, 3.05) is 0 Å². The zero-order valence-corrected chi connectivity index (χ0v) is 10.9. The number of furan rings is 1. The number of rotatable bonds is 4. The molecule has 1 aromatic heterocycles. The molecule has 1 unspecified atom stereocenters. The average molecular weight is 249 g/mol. The molecule has 0 radical (unpaired) electrons. The van der Waals surface area contributed by atoms with Crippen LogP contribution in [0, 0.1) is 5.92 Å². The van der Waals surface area contributed by atoms with Crippen LogP contribution in [-0.4, -0.2) is 0 Å². The fourth-order valence-electron chi connectivity index (χ4n) is 1.89. The van der Waals surface area contributed by atoms with Gasteiger partial charge in [-0.05, 0) is 35.6 Å². The molecule has 2 heteroatoms. The molecule has 0 saturated carbocycles. The minimum Gasteiger partial charge on any atom is -0.467 e. The van der Waals surface area contributed by atoms with E-state index in [2.05, 4.69) is 38.1 Å². The Morgan fingerprint density at radius 2 is 1.82 bits per heavy atom. The zero-order chi connectivity index (χ0) is 12.3. The van der Waals surface area contributed by atoms with Gasteiger partial charge in [0.2, 0.25) is 0 Å². The summed E-state index contributed by atoms with van der Waals surface area (Å²) in [5.41, 5.74) is 2.43. The van der Waals surface area contributed by atoms with E-state index >= 15 is 0 Å². The summed E-state index contributed by atoms with van der Waals surface area (Å²) < 4.78 is 5.31. The molecule has 2 rings (SSSR count). The van der Waals surface area contributed by atoms with Gasteiger partial charge in [0.05, 0.1) is 6.26 Å². The largest absolute Gasteiger partial charge is 0.467 e. The van der Waals surface area contributed by atoms with Gasteiger partial charge in [-0.15, -0.1) is 11.6 Å². The lowest BCUT2D eigenvalue weighted by Gasteiger charge is -2.09. The Labute approximate surface area is 107 Å². The van der Waals surface area contributed by atoms with Crippen molar-refractivity contribution in [2.24, 2.45) is 5.92 Å². The summed E-state index contributed by atoms with van der Waals surface area (Å²) in [4.78, 5) is 0. The summed E-state index contributed by atoms with van der Waals surface area (Å²) >= 11 is 6.34. The van der Waals surface area contributed by atoms with Crippen molar-refractivity contribution >= 4 is 11.6 Å². The van der Waals surface area contributed by atoms with Gasteiger partial charge in [-0.2, -0.15) is 0 Å². The molecular formula is C15H17ClO. The SMILES string of the molecule is CC(C)Cc1ccc(C(Cl)c2ccco2)cc1. The Kier molecular flexibility index (Phi) is 3.90. The first-order chi connectivity index (χ1) is 8.16. The third-order valence-corrected chi connectivity index (χ3v) is 3.18. The lowest BCUT2D eigenvalue weighted by molar-refractivity contribution is 0.516. The van der Waals surface area contributed by atoms with Crippen molar-refractivity contribution in [3.05, 3.63) is 59.5 Å². The molecule has 0 spiro atoms. The van der Waals surface area contributed by atoms with Crippen molar-refractivity contribution in [3.8, 4) is 0 Å². The van der Waals surface area contributed by atoms with E-state index in [1.54, 1.807) is 6.26 Å². The van der Waals surface area contributed by atoms with Gasteiger partial charge in [0, 0.05) is 0 Å². The maximum Gasteiger partial charge on any atom is 0.126 e. The topological polar surface area (TPSA) is 13.1 Å². The number of hydrogen-bond acceptors (Lipinski definition) is 1. The molecule has 0 aliphatic heterocycles. The highest BCUT2D eigenvalue weighted by molar-refractivity contribution is 6.22. The van der Waals surface area contributed by atoms with E-state index in [1.165, 1.54) is 5.56 Å². The second-order valence-electron chi connectivity index (χ2n) is 4.72. The van der Waals surface area contributed by atoms with Gasteiger partial charge in [-0.1, -0.05) is 38.1 Å². The van der Waals surface area contributed by atoms with Crippen molar-refractivity contribution in [1.29, 1.82) is 0 Å². The third-order valence-electron chi connectivity index (χ3n) is 2.71. The number of benzene rings is 1. The Bertz CT molecular complexity index is 442. The lowest BCUT2D eigenvalue weighted by atomic mass is 10.0. The first-order valence-electron chi connectivity index (χ1n) is 5.93. The maximum absolute atomic E-state index is 6.34. The van der Waals surface area contributed by atoms with Crippen LogP contribution in [-0.2, 0) is 6.42 Å². The molecule has 1 aromatic carbocycles. The summed E-state index contributed by atoms with van der Waals surface area (Å²) in [5, 5.41) is -0.196. The van der Waals surface area contributed by atoms with Crippen molar-refractivity contribution in [2.45, 2.75) is 25.6 Å². The molecule has 1 nitrogen and oxygen atoms in total. The highest BCUT2D eigenvalue weighted by Gasteiger charge is 2.13. The van der Waals surface area contributed by atoms with Gasteiger partial charge in [0.1, 0.15) is 11.1 Å². The molecule has 0 bridgehead atoms. The van der Waals surface area contributed by atoms with Gasteiger partial charge in [0.15, 0.2) is 0 Å². The first kappa shape index (κ1) is 12.3. The molecule has 0 saturated heterocycles. The van der Waals surface area contributed by atoms with Crippen molar-refractivity contribution in [3.63, 3.8) is 0 Å². The molecule has 90 valence electrons. The van der Waals surface area contributed by atoms with Crippen LogP contribution >= 0.6 is 11.6 Å². The van der Waals surface area contributed by atoms with E-state index in [0.717, 1.165) is 17.7 Å². The summed E-state index contributed by atoms with van der Waals surface area (Å²) in [7, 11) is 0. The molecule has 17 heavy (non-hydrogen) atoms. The highest BCUT2D eigenvalue weighted by Crippen LogP contribution is 2.29. The van der Waals surface area contributed by atoms with E-state index in [0.29, 0.717) is 5.92 Å². The number of alkyl halides is 1. The van der Waals surface area contributed by atoms with Crippen molar-refractivity contribution < 1.29 is 4.42 Å². The van der Waals surface area contributed by atoms with Crippen LogP contribution in [0.5, 0.6) is 0 Å². The first-order valence-corrected chi connectivity index (χ1v) is 6.37. The average Bonchev–Trinajstić information content (AvgIpc) is 2.82. The second-order valence-corrected chi connectivity index (χ2v) is 5.15. The van der Waals surface area contributed by atoms with Crippen molar-refractivity contribution in [1.82, 2.24) is 0 Å². The van der Waals surface area contributed by atoms with Gasteiger partial charge in [-0.25, -0.2) is 0 Å². The van der Waals surface area contributed by atoms with E-state index in [4.69, 9.17) is 16.0 Å². The van der Waals surface area contributed by atoms with Crippen LogP contribution in [0.15, 0.2) is 47.1 Å². The minimum absolute atomic E-state index is 0.196. The maximum atomic E-state index is 6.34. The van der Waals surface area contributed by atoms with Crippen LogP contribution in [0.2, 0.25) is 0 Å². The smallest absolute Gasteiger partial charge is 0.126 e. The Hall–Kier alpha value is -1.21. The molecule has 0 amide bonds. The summed E-state index contributed by atoms with van der Waals surface area (Å²) in [5.74, 6) is 1.47. The molecule has 0 N–H and O–H groups in total. The van der Waals surface area contributed by atoms with E-state index in [-0.39, 0.29) is 5.38 Å². The van der Waals surface area contributed by atoms with Gasteiger partial charge in [-0.3, -0.25) is 0 Å². The Morgan fingerprint density at radius 1 is 1.12 bits per heavy atom. The lowest BCUT2D eigenvalue weighted by Crippen LogP contribution is -1.96. The molecule has 0 aliphatic rings. The summed E-state index contributed by atoms with van der Waals surface area (Å²) in [6.45, 7) is 4.45. The highest BCUT2D eigenvalue weighted by atomic mass is 35.5. The molecule has 0 aliphatic carbocycles. The molecule has 1 atom stereocenters. The number of hydrogen-bond donors (Lipinski definition) is 0. The monoisotopic (exact) mass is 248 g/mol. The fourth-order valence-corrected chi connectivity index (χ4v) is 2.16. The predicted molar refractivity (Wildman–Crippen MR) is 71.4 cm³/mol. The van der Waals surface area contributed by atoms with Crippen LogP contribution in [0.4, 0.5) is 0 Å². The van der Waals surface area contributed by atoms with Crippen LogP contribution in [0.25, 0.3) is 0 Å². The van der Waals surface area contributed by atoms with E-state index < -0.39 is 0 Å². The minimum atomic E-state index is -0.196. The Balaban J connectivity index is 2.12. The molecular weight excluding hydrogens is 232 g/mol. The predicted octanol–water partition coefficient (Wildman–Crippen LogP) is 4.81. The molecule has 1 heterocycles. The number of halogens is 1. The fraction of sp³-hybridized carbons (Fsp3) is 0.333. The second kappa shape index (κ2) is 5.42. The molecule has 2 aromatic rings. The standard InChI is InChI=1S/C15H17ClO/c1-11(2)10-12-5-7-13(8-6-12)15(16)14-4-3-9-17-14/h3-9,11,15H,10H2,1-2H3. The summed E-state index contributed by atoms with van der Waals surface area (Å²) in [6, 6.07) is 12.2.